The fourth-order valence-corrected chi connectivity index (χ4v) is 1.53. The molecule has 2 rings (SSSR count). The maximum Gasteiger partial charge on any atom is 0.328 e. The van der Waals surface area contributed by atoms with Crippen LogP contribution in [0, 0.1) is 5.82 Å². The largest absolute Gasteiger partial charge is 0.478 e. The third-order valence-electron chi connectivity index (χ3n) is 2.39. The Balaban J connectivity index is 2.17. The van der Waals surface area contributed by atoms with E-state index in [2.05, 4.69) is 5.10 Å². The quantitative estimate of drug-likeness (QED) is 0.841. The van der Waals surface area contributed by atoms with Gasteiger partial charge in [0.25, 0.3) is 0 Å². The zero-order valence-corrected chi connectivity index (χ0v) is 9.45. The topological polar surface area (TPSA) is 55.1 Å². The van der Waals surface area contributed by atoms with Crippen molar-refractivity contribution in [3.8, 4) is 0 Å². The van der Waals surface area contributed by atoms with Crippen molar-refractivity contribution in [2.75, 3.05) is 0 Å². The average molecular weight is 246 g/mol. The van der Waals surface area contributed by atoms with Gasteiger partial charge in [-0.1, -0.05) is 12.1 Å². The molecule has 0 aliphatic rings. The van der Waals surface area contributed by atoms with Crippen molar-refractivity contribution >= 4 is 12.0 Å². The van der Waals surface area contributed by atoms with Crippen molar-refractivity contribution in [3.63, 3.8) is 0 Å². The molecule has 0 fully saturated rings. The van der Waals surface area contributed by atoms with E-state index in [0.717, 1.165) is 6.08 Å². The molecule has 2 aromatic rings. The lowest BCUT2D eigenvalue weighted by molar-refractivity contribution is -0.131. The molecule has 1 N–H and O–H groups in total. The Hall–Kier alpha value is -2.43. The Morgan fingerprint density at radius 1 is 1.50 bits per heavy atom. The molecule has 0 unspecified atom stereocenters. The second kappa shape index (κ2) is 5.27. The van der Waals surface area contributed by atoms with Gasteiger partial charge in [0.1, 0.15) is 5.82 Å². The third kappa shape index (κ3) is 3.04. The summed E-state index contributed by atoms with van der Waals surface area (Å²) >= 11 is 0. The zero-order valence-electron chi connectivity index (χ0n) is 9.45. The highest BCUT2D eigenvalue weighted by molar-refractivity contribution is 5.85. The second-order valence-corrected chi connectivity index (χ2v) is 3.73. The number of aromatic nitrogens is 2. The summed E-state index contributed by atoms with van der Waals surface area (Å²) < 4.78 is 15.4. The van der Waals surface area contributed by atoms with E-state index in [1.54, 1.807) is 35.3 Å². The minimum absolute atomic E-state index is 0.349. The standard InChI is InChI=1S/C13H11FN2O2/c14-12-8-10(3-5-13(17)18)2-4-11(12)9-16-7-1-6-15-16/h1-8H,9H2,(H,17,18)/b5-3+. The van der Waals surface area contributed by atoms with Crippen molar-refractivity contribution < 1.29 is 14.3 Å². The molecule has 0 bridgehead atoms. The van der Waals surface area contributed by atoms with Gasteiger partial charge in [0.05, 0.1) is 6.54 Å². The number of halogens is 1. The number of nitrogens with zero attached hydrogens (tertiary/aromatic N) is 2. The second-order valence-electron chi connectivity index (χ2n) is 3.73. The van der Waals surface area contributed by atoms with E-state index in [9.17, 15) is 9.18 Å². The first-order valence-corrected chi connectivity index (χ1v) is 5.32. The Morgan fingerprint density at radius 2 is 2.33 bits per heavy atom. The van der Waals surface area contributed by atoms with Crippen LogP contribution in [-0.2, 0) is 11.3 Å². The van der Waals surface area contributed by atoms with Crippen LogP contribution < -0.4 is 0 Å². The van der Waals surface area contributed by atoms with Crippen LogP contribution in [0.2, 0.25) is 0 Å². The molecular weight excluding hydrogens is 235 g/mol. The van der Waals surface area contributed by atoms with Gasteiger partial charge in [0.2, 0.25) is 0 Å². The van der Waals surface area contributed by atoms with Crippen LogP contribution in [0.25, 0.3) is 6.08 Å². The molecule has 0 aliphatic heterocycles. The van der Waals surface area contributed by atoms with E-state index in [4.69, 9.17) is 5.11 Å². The Bertz CT molecular complexity index is 577. The molecule has 1 heterocycles. The van der Waals surface area contributed by atoms with Gasteiger partial charge in [-0.3, -0.25) is 4.68 Å². The SMILES string of the molecule is O=C(O)/C=C/c1ccc(Cn2cccn2)c(F)c1. The van der Waals surface area contributed by atoms with Gasteiger partial charge in [0.15, 0.2) is 0 Å². The Labute approximate surface area is 103 Å². The molecule has 0 saturated heterocycles. The third-order valence-corrected chi connectivity index (χ3v) is 2.39. The van der Waals surface area contributed by atoms with E-state index < -0.39 is 5.97 Å². The molecule has 0 atom stereocenters. The van der Waals surface area contributed by atoms with Crippen LogP contribution in [-0.4, -0.2) is 20.9 Å². The molecule has 5 heteroatoms. The molecular formula is C13H11FN2O2. The Kier molecular flexibility index (Phi) is 3.52. The normalized spacial score (nSPS) is 10.9. The highest BCUT2D eigenvalue weighted by Gasteiger charge is 2.03. The lowest BCUT2D eigenvalue weighted by Gasteiger charge is -2.04. The van der Waals surface area contributed by atoms with Crippen molar-refractivity contribution in [3.05, 3.63) is 59.7 Å². The first-order valence-electron chi connectivity index (χ1n) is 5.32. The van der Waals surface area contributed by atoms with E-state index in [1.165, 1.54) is 12.1 Å². The fourth-order valence-electron chi connectivity index (χ4n) is 1.53. The van der Waals surface area contributed by atoms with Crippen LogP contribution in [0.15, 0.2) is 42.7 Å². The summed E-state index contributed by atoms with van der Waals surface area (Å²) in [5.74, 6) is -1.44. The van der Waals surface area contributed by atoms with Crippen LogP contribution >= 0.6 is 0 Å². The van der Waals surface area contributed by atoms with Crippen LogP contribution in [0.3, 0.4) is 0 Å². The molecule has 1 aromatic carbocycles. The van der Waals surface area contributed by atoms with Crippen molar-refractivity contribution in [1.29, 1.82) is 0 Å². The summed E-state index contributed by atoms with van der Waals surface area (Å²) in [6.07, 6.45) is 5.70. The van der Waals surface area contributed by atoms with Gasteiger partial charge in [-0.25, -0.2) is 9.18 Å². The summed E-state index contributed by atoms with van der Waals surface area (Å²) in [7, 11) is 0. The number of hydrogen-bond acceptors (Lipinski definition) is 2. The molecule has 92 valence electrons. The minimum Gasteiger partial charge on any atom is -0.478 e. The van der Waals surface area contributed by atoms with Gasteiger partial charge in [-0.15, -0.1) is 0 Å². The van der Waals surface area contributed by atoms with Gasteiger partial charge in [-0.05, 0) is 23.8 Å². The fraction of sp³-hybridized carbons (Fsp3) is 0.0769. The van der Waals surface area contributed by atoms with E-state index in [1.807, 2.05) is 0 Å². The lowest BCUT2D eigenvalue weighted by atomic mass is 10.1. The summed E-state index contributed by atoms with van der Waals surface area (Å²) in [6, 6.07) is 6.36. The Morgan fingerprint density at radius 3 is 2.94 bits per heavy atom. The van der Waals surface area contributed by atoms with E-state index >= 15 is 0 Å². The number of hydrogen-bond donors (Lipinski definition) is 1. The van der Waals surface area contributed by atoms with E-state index in [0.29, 0.717) is 17.7 Å². The maximum atomic E-state index is 13.7. The molecule has 0 amide bonds. The van der Waals surface area contributed by atoms with Gasteiger partial charge in [0, 0.05) is 24.0 Å². The predicted octanol–water partition coefficient (Wildman–Crippen LogP) is 2.17. The van der Waals surface area contributed by atoms with Gasteiger partial charge >= 0.3 is 5.97 Å². The lowest BCUT2D eigenvalue weighted by Crippen LogP contribution is -2.02. The van der Waals surface area contributed by atoms with E-state index in [-0.39, 0.29) is 5.82 Å². The summed E-state index contributed by atoms with van der Waals surface area (Å²) in [6.45, 7) is 0.349. The molecule has 1 aromatic heterocycles. The van der Waals surface area contributed by atoms with Crippen molar-refractivity contribution in [2.45, 2.75) is 6.54 Å². The van der Waals surface area contributed by atoms with Crippen LogP contribution in [0.1, 0.15) is 11.1 Å². The minimum atomic E-state index is -1.06. The van der Waals surface area contributed by atoms with Crippen molar-refractivity contribution in [1.82, 2.24) is 9.78 Å². The number of benzene rings is 1. The predicted molar refractivity (Wildman–Crippen MR) is 64.4 cm³/mol. The highest BCUT2D eigenvalue weighted by Crippen LogP contribution is 2.13. The maximum absolute atomic E-state index is 13.7. The zero-order chi connectivity index (χ0) is 13.0. The molecule has 0 radical (unpaired) electrons. The number of carboxylic acids is 1. The summed E-state index contributed by atoms with van der Waals surface area (Å²) in [5.41, 5.74) is 1.02. The monoisotopic (exact) mass is 246 g/mol. The average Bonchev–Trinajstić information content (AvgIpc) is 2.82. The first kappa shape index (κ1) is 12.0. The number of rotatable bonds is 4. The molecule has 0 saturated carbocycles. The molecule has 0 aliphatic carbocycles. The first-order chi connectivity index (χ1) is 8.65. The summed E-state index contributed by atoms with van der Waals surface area (Å²) in [5, 5.41) is 12.5. The smallest absolute Gasteiger partial charge is 0.328 e. The summed E-state index contributed by atoms with van der Waals surface area (Å²) in [4.78, 5) is 10.3. The number of carbonyl (C=O) groups is 1. The van der Waals surface area contributed by atoms with Crippen molar-refractivity contribution in [2.24, 2.45) is 0 Å². The van der Waals surface area contributed by atoms with Gasteiger partial charge < -0.3 is 5.11 Å². The molecule has 0 spiro atoms. The van der Waals surface area contributed by atoms with Crippen LogP contribution in [0.4, 0.5) is 4.39 Å². The highest BCUT2D eigenvalue weighted by atomic mass is 19.1. The number of carboxylic acid groups (broad SMARTS) is 1. The molecule has 4 nitrogen and oxygen atoms in total. The van der Waals surface area contributed by atoms with Crippen LogP contribution in [0.5, 0.6) is 0 Å². The van der Waals surface area contributed by atoms with Gasteiger partial charge in [-0.2, -0.15) is 5.10 Å². The number of aliphatic carboxylic acids is 1. The molecule has 18 heavy (non-hydrogen) atoms.